The summed E-state index contributed by atoms with van der Waals surface area (Å²) in [4.78, 5) is 13.8. The van der Waals surface area contributed by atoms with E-state index in [9.17, 15) is 4.79 Å². The molecule has 0 saturated carbocycles. The zero-order chi connectivity index (χ0) is 9.47. The second-order valence-corrected chi connectivity index (χ2v) is 5.53. The van der Waals surface area contributed by atoms with Crippen molar-refractivity contribution in [1.29, 1.82) is 0 Å². The Hall–Kier alpha value is 0.160. The van der Waals surface area contributed by atoms with Crippen LogP contribution >= 0.6 is 22.9 Å². The summed E-state index contributed by atoms with van der Waals surface area (Å²) in [7, 11) is 1.92. The average Bonchev–Trinajstić information content (AvgIpc) is 2.40. The van der Waals surface area contributed by atoms with Gasteiger partial charge in [-0.05, 0) is 19.3 Å². The molecule has 0 aromatic heterocycles. The number of carbonyl (C=O) groups excluding carboxylic acids is 1. The number of carbonyl (C=O) groups is 1. The standard InChI is InChI=1S/C9H15IN2O/c1-11-5-2-9(8(11)13)3-6-12(10)7-4-9/h2-7H2,1H3. The number of halogens is 1. The molecule has 0 unspecified atom stereocenters. The number of hydrogen-bond donors (Lipinski definition) is 0. The van der Waals surface area contributed by atoms with Gasteiger partial charge in [-0.1, -0.05) is 0 Å². The molecule has 4 heteroatoms. The van der Waals surface area contributed by atoms with E-state index in [1.807, 2.05) is 11.9 Å². The van der Waals surface area contributed by atoms with Crippen molar-refractivity contribution in [3.63, 3.8) is 0 Å². The smallest absolute Gasteiger partial charge is 0.228 e. The van der Waals surface area contributed by atoms with Crippen LogP contribution in [0.15, 0.2) is 0 Å². The van der Waals surface area contributed by atoms with Crippen molar-refractivity contribution in [1.82, 2.24) is 8.01 Å². The molecular formula is C9H15IN2O. The second kappa shape index (κ2) is 3.38. The Kier molecular flexibility index (Phi) is 2.53. The van der Waals surface area contributed by atoms with Crippen LogP contribution in [-0.4, -0.2) is 40.6 Å². The van der Waals surface area contributed by atoms with Crippen molar-refractivity contribution in [3.05, 3.63) is 0 Å². The predicted molar refractivity (Wildman–Crippen MR) is 59.5 cm³/mol. The van der Waals surface area contributed by atoms with E-state index in [2.05, 4.69) is 26.0 Å². The lowest BCUT2D eigenvalue weighted by Gasteiger charge is -2.34. The molecule has 0 bridgehead atoms. The summed E-state index contributed by atoms with van der Waals surface area (Å²) in [6, 6.07) is 0. The van der Waals surface area contributed by atoms with Crippen LogP contribution in [0.4, 0.5) is 0 Å². The van der Waals surface area contributed by atoms with Gasteiger partial charge in [-0.15, -0.1) is 0 Å². The Morgan fingerprint density at radius 3 is 2.23 bits per heavy atom. The maximum absolute atomic E-state index is 11.9. The van der Waals surface area contributed by atoms with Gasteiger partial charge in [0, 0.05) is 49.5 Å². The monoisotopic (exact) mass is 294 g/mol. The summed E-state index contributed by atoms with van der Waals surface area (Å²) in [5.41, 5.74) is 0.0242. The number of rotatable bonds is 0. The van der Waals surface area contributed by atoms with Crippen LogP contribution in [-0.2, 0) is 4.79 Å². The van der Waals surface area contributed by atoms with E-state index in [1.54, 1.807) is 0 Å². The molecule has 3 nitrogen and oxygen atoms in total. The predicted octanol–water partition coefficient (Wildman–Crippen LogP) is 1.28. The quantitative estimate of drug-likeness (QED) is 0.496. The fraction of sp³-hybridized carbons (Fsp3) is 0.889. The average molecular weight is 294 g/mol. The minimum absolute atomic E-state index is 0.0242. The zero-order valence-corrected chi connectivity index (χ0v) is 10.1. The minimum atomic E-state index is 0.0242. The van der Waals surface area contributed by atoms with Gasteiger partial charge in [0.2, 0.25) is 5.91 Å². The first-order valence-corrected chi connectivity index (χ1v) is 5.77. The molecule has 2 fully saturated rings. The molecule has 0 aromatic rings. The van der Waals surface area contributed by atoms with Gasteiger partial charge in [0.15, 0.2) is 0 Å². The van der Waals surface area contributed by atoms with Crippen molar-refractivity contribution in [2.75, 3.05) is 26.7 Å². The van der Waals surface area contributed by atoms with Gasteiger partial charge in [-0.2, -0.15) is 0 Å². The van der Waals surface area contributed by atoms with Crippen molar-refractivity contribution in [2.45, 2.75) is 19.3 Å². The highest BCUT2D eigenvalue weighted by atomic mass is 127. The molecule has 0 aromatic carbocycles. The van der Waals surface area contributed by atoms with Crippen LogP contribution in [0.5, 0.6) is 0 Å². The maximum Gasteiger partial charge on any atom is 0.228 e. The van der Waals surface area contributed by atoms with Crippen LogP contribution in [0.2, 0.25) is 0 Å². The van der Waals surface area contributed by atoms with Gasteiger partial charge < -0.3 is 4.90 Å². The third-order valence-electron chi connectivity index (χ3n) is 3.39. The molecule has 13 heavy (non-hydrogen) atoms. The highest BCUT2D eigenvalue weighted by Crippen LogP contribution is 2.41. The number of likely N-dealkylation sites (tertiary alicyclic amines) is 1. The molecule has 2 aliphatic heterocycles. The summed E-state index contributed by atoms with van der Waals surface area (Å²) in [5, 5.41) is 0. The summed E-state index contributed by atoms with van der Waals surface area (Å²) < 4.78 is 2.29. The van der Waals surface area contributed by atoms with Crippen molar-refractivity contribution in [2.24, 2.45) is 5.41 Å². The first-order chi connectivity index (χ1) is 6.14. The van der Waals surface area contributed by atoms with Crippen LogP contribution in [0.25, 0.3) is 0 Å². The van der Waals surface area contributed by atoms with E-state index in [0.717, 1.165) is 38.9 Å². The first kappa shape index (κ1) is 9.71. The maximum atomic E-state index is 11.9. The minimum Gasteiger partial charge on any atom is -0.345 e. The van der Waals surface area contributed by atoms with Crippen molar-refractivity contribution in [3.8, 4) is 0 Å². The Balaban J connectivity index is 2.09. The summed E-state index contributed by atoms with van der Waals surface area (Å²) in [5.74, 6) is 0.386. The molecule has 1 spiro atoms. The molecule has 2 rings (SSSR count). The van der Waals surface area contributed by atoms with Gasteiger partial charge in [-0.25, -0.2) is 3.11 Å². The van der Waals surface area contributed by atoms with Gasteiger partial charge in [0.25, 0.3) is 0 Å². The van der Waals surface area contributed by atoms with Crippen molar-refractivity contribution >= 4 is 28.8 Å². The van der Waals surface area contributed by atoms with Crippen LogP contribution < -0.4 is 0 Å². The Morgan fingerprint density at radius 2 is 1.77 bits per heavy atom. The largest absolute Gasteiger partial charge is 0.345 e. The molecule has 0 aliphatic carbocycles. The zero-order valence-electron chi connectivity index (χ0n) is 7.92. The highest BCUT2D eigenvalue weighted by Gasteiger charge is 2.46. The topological polar surface area (TPSA) is 23.6 Å². The lowest BCUT2D eigenvalue weighted by molar-refractivity contribution is -0.136. The van der Waals surface area contributed by atoms with Crippen LogP contribution in [0, 0.1) is 5.41 Å². The summed E-state index contributed by atoms with van der Waals surface area (Å²) in [6.45, 7) is 3.10. The van der Waals surface area contributed by atoms with Crippen molar-refractivity contribution < 1.29 is 4.79 Å². The third-order valence-corrected chi connectivity index (χ3v) is 4.36. The third kappa shape index (κ3) is 1.58. The number of piperidine rings is 1. The normalized spacial score (nSPS) is 28.8. The van der Waals surface area contributed by atoms with Gasteiger partial charge >= 0.3 is 0 Å². The fourth-order valence-corrected chi connectivity index (χ4v) is 2.85. The molecule has 0 radical (unpaired) electrons. The van der Waals surface area contributed by atoms with Gasteiger partial charge in [-0.3, -0.25) is 4.79 Å². The summed E-state index contributed by atoms with van der Waals surface area (Å²) >= 11 is 2.35. The van der Waals surface area contributed by atoms with Crippen LogP contribution in [0.3, 0.4) is 0 Å². The van der Waals surface area contributed by atoms with E-state index in [-0.39, 0.29) is 5.41 Å². The lowest BCUT2D eigenvalue weighted by Crippen LogP contribution is -2.40. The van der Waals surface area contributed by atoms with Gasteiger partial charge in [0.1, 0.15) is 0 Å². The SMILES string of the molecule is CN1CCC2(CCN(I)CC2)C1=O. The number of hydrogen-bond acceptors (Lipinski definition) is 2. The van der Waals surface area contributed by atoms with E-state index < -0.39 is 0 Å². The van der Waals surface area contributed by atoms with E-state index in [4.69, 9.17) is 0 Å². The van der Waals surface area contributed by atoms with E-state index in [0.29, 0.717) is 5.91 Å². The first-order valence-electron chi connectivity index (χ1n) is 4.80. The molecular weight excluding hydrogens is 279 g/mol. The fourth-order valence-electron chi connectivity index (χ4n) is 2.37. The molecule has 1 amide bonds. The highest BCUT2D eigenvalue weighted by molar-refractivity contribution is 14.1. The number of nitrogens with zero attached hydrogens (tertiary/aromatic N) is 2. The molecule has 2 aliphatic rings. The molecule has 74 valence electrons. The Labute approximate surface area is 92.9 Å². The lowest BCUT2D eigenvalue weighted by atomic mass is 9.78. The molecule has 0 N–H and O–H groups in total. The van der Waals surface area contributed by atoms with Gasteiger partial charge in [0.05, 0.1) is 5.41 Å². The van der Waals surface area contributed by atoms with Crippen LogP contribution in [0.1, 0.15) is 19.3 Å². The van der Waals surface area contributed by atoms with E-state index in [1.165, 1.54) is 0 Å². The Bertz CT molecular complexity index is 224. The molecule has 2 heterocycles. The van der Waals surface area contributed by atoms with E-state index >= 15 is 0 Å². The molecule has 2 saturated heterocycles. The number of amides is 1. The summed E-state index contributed by atoms with van der Waals surface area (Å²) in [6.07, 6.45) is 3.19. The molecule has 0 atom stereocenters. The Morgan fingerprint density at radius 1 is 1.23 bits per heavy atom. The second-order valence-electron chi connectivity index (χ2n) is 4.17.